The summed E-state index contributed by atoms with van der Waals surface area (Å²) in [6.45, 7) is 1.42. The normalized spacial score (nSPS) is 25.7. The molecular formula is C12H16O2S. The molecule has 15 heavy (non-hydrogen) atoms. The number of thioether (sulfide) groups is 1. The smallest absolute Gasteiger partial charge is 0.0996 e. The van der Waals surface area contributed by atoms with Crippen molar-refractivity contribution in [3.05, 3.63) is 35.9 Å². The summed E-state index contributed by atoms with van der Waals surface area (Å²) in [5.41, 5.74) is 1.04. The van der Waals surface area contributed by atoms with E-state index >= 15 is 0 Å². The molecule has 1 heterocycles. The highest BCUT2D eigenvalue weighted by molar-refractivity contribution is 8.00. The Morgan fingerprint density at radius 1 is 1.27 bits per heavy atom. The molecule has 1 N–H and O–H groups in total. The van der Waals surface area contributed by atoms with Crippen LogP contribution in [0.15, 0.2) is 30.3 Å². The maximum absolute atomic E-state index is 9.32. The fraction of sp³-hybridized carbons (Fsp3) is 0.500. The minimum atomic E-state index is -0.171. The average Bonchev–Trinajstić information content (AvgIpc) is 2.66. The molecule has 0 aromatic heterocycles. The van der Waals surface area contributed by atoms with Gasteiger partial charge < -0.3 is 9.84 Å². The van der Waals surface area contributed by atoms with E-state index in [-0.39, 0.29) is 5.44 Å². The van der Waals surface area contributed by atoms with Crippen LogP contribution < -0.4 is 0 Å². The lowest BCUT2D eigenvalue weighted by Crippen LogP contribution is -2.08. The van der Waals surface area contributed by atoms with Gasteiger partial charge in [-0.15, -0.1) is 11.8 Å². The van der Waals surface area contributed by atoms with E-state index in [1.165, 1.54) is 5.56 Å². The fourth-order valence-corrected chi connectivity index (χ4v) is 2.86. The van der Waals surface area contributed by atoms with Gasteiger partial charge in [0.15, 0.2) is 0 Å². The third kappa shape index (κ3) is 3.52. The van der Waals surface area contributed by atoms with Crippen molar-refractivity contribution in [2.24, 2.45) is 0 Å². The van der Waals surface area contributed by atoms with E-state index in [2.05, 4.69) is 12.1 Å². The molecule has 0 bridgehead atoms. The van der Waals surface area contributed by atoms with Gasteiger partial charge in [-0.25, -0.2) is 0 Å². The van der Waals surface area contributed by atoms with Crippen LogP contribution >= 0.6 is 11.8 Å². The van der Waals surface area contributed by atoms with Crippen LogP contribution in [0, 0.1) is 0 Å². The van der Waals surface area contributed by atoms with Gasteiger partial charge in [-0.05, 0) is 18.4 Å². The summed E-state index contributed by atoms with van der Waals surface area (Å²) in [6.07, 6.45) is 1.98. The molecule has 82 valence electrons. The van der Waals surface area contributed by atoms with E-state index in [0.717, 1.165) is 19.4 Å². The predicted octanol–water partition coefficient (Wildman–Crippen LogP) is 2.42. The Bertz CT molecular complexity index is 289. The van der Waals surface area contributed by atoms with Crippen molar-refractivity contribution in [1.29, 1.82) is 0 Å². The Morgan fingerprint density at radius 3 is 2.73 bits per heavy atom. The lowest BCUT2D eigenvalue weighted by molar-refractivity contribution is 0.121. The summed E-state index contributed by atoms with van der Waals surface area (Å²) in [5.74, 6) is 0. The molecule has 1 aliphatic heterocycles. The van der Waals surface area contributed by atoms with Crippen molar-refractivity contribution in [3.8, 4) is 0 Å². The Labute approximate surface area is 94.6 Å². The molecule has 1 fully saturated rings. The second kappa shape index (κ2) is 5.54. The first kappa shape index (κ1) is 11.0. The van der Waals surface area contributed by atoms with Crippen molar-refractivity contribution in [3.63, 3.8) is 0 Å². The average molecular weight is 224 g/mol. The molecule has 1 unspecified atom stereocenters. The SMILES string of the molecule is OC1CC[C@@H](COCc2ccccc2)S1. The molecule has 1 aromatic rings. The zero-order chi connectivity index (χ0) is 10.5. The lowest BCUT2D eigenvalue weighted by Gasteiger charge is -2.09. The van der Waals surface area contributed by atoms with Crippen molar-refractivity contribution >= 4 is 11.8 Å². The van der Waals surface area contributed by atoms with Gasteiger partial charge in [0.05, 0.1) is 18.6 Å². The Morgan fingerprint density at radius 2 is 2.07 bits per heavy atom. The molecule has 0 saturated carbocycles. The van der Waals surface area contributed by atoms with E-state index in [1.54, 1.807) is 11.8 Å². The van der Waals surface area contributed by atoms with Crippen LogP contribution in [0.25, 0.3) is 0 Å². The van der Waals surface area contributed by atoms with Crippen LogP contribution in [0.5, 0.6) is 0 Å². The Balaban J connectivity index is 1.67. The minimum Gasteiger partial charge on any atom is -0.382 e. The van der Waals surface area contributed by atoms with Crippen molar-refractivity contribution in [2.75, 3.05) is 6.61 Å². The number of hydrogen-bond donors (Lipinski definition) is 1. The minimum absolute atomic E-state index is 0.171. The van der Waals surface area contributed by atoms with E-state index in [9.17, 15) is 5.11 Å². The van der Waals surface area contributed by atoms with Crippen molar-refractivity contribution < 1.29 is 9.84 Å². The van der Waals surface area contributed by atoms with E-state index < -0.39 is 0 Å². The van der Waals surface area contributed by atoms with E-state index in [0.29, 0.717) is 11.9 Å². The van der Waals surface area contributed by atoms with Crippen LogP contribution in [-0.4, -0.2) is 22.4 Å². The molecule has 1 aliphatic rings. The largest absolute Gasteiger partial charge is 0.382 e. The van der Waals surface area contributed by atoms with Gasteiger partial charge in [-0.3, -0.25) is 0 Å². The zero-order valence-corrected chi connectivity index (χ0v) is 9.45. The molecule has 0 spiro atoms. The molecule has 0 aliphatic carbocycles. The van der Waals surface area contributed by atoms with Gasteiger partial charge in [0.1, 0.15) is 0 Å². The third-order valence-electron chi connectivity index (χ3n) is 2.50. The Hall–Kier alpha value is -0.510. The first-order chi connectivity index (χ1) is 7.34. The standard InChI is InChI=1S/C12H16O2S/c13-12-7-6-11(15-12)9-14-8-10-4-2-1-3-5-10/h1-5,11-13H,6-9H2/t11-,12?/m0/s1. The molecular weight excluding hydrogens is 208 g/mol. The Kier molecular flexibility index (Phi) is 4.06. The van der Waals surface area contributed by atoms with E-state index in [1.807, 2.05) is 18.2 Å². The molecule has 1 aromatic carbocycles. The topological polar surface area (TPSA) is 29.5 Å². The van der Waals surface area contributed by atoms with Crippen LogP contribution in [-0.2, 0) is 11.3 Å². The summed E-state index contributed by atoms with van der Waals surface area (Å²) in [7, 11) is 0. The summed E-state index contributed by atoms with van der Waals surface area (Å²) in [4.78, 5) is 0. The second-order valence-electron chi connectivity index (χ2n) is 3.79. The maximum atomic E-state index is 9.32. The second-order valence-corrected chi connectivity index (χ2v) is 5.27. The summed E-state index contributed by atoms with van der Waals surface area (Å²) in [5, 5.41) is 9.80. The molecule has 1 saturated heterocycles. The zero-order valence-electron chi connectivity index (χ0n) is 8.63. The van der Waals surface area contributed by atoms with E-state index in [4.69, 9.17) is 4.74 Å². The van der Waals surface area contributed by atoms with Crippen LogP contribution in [0.2, 0.25) is 0 Å². The highest BCUT2D eigenvalue weighted by Crippen LogP contribution is 2.31. The number of ether oxygens (including phenoxy) is 1. The monoisotopic (exact) mass is 224 g/mol. The van der Waals surface area contributed by atoms with Gasteiger partial charge in [0.25, 0.3) is 0 Å². The summed E-state index contributed by atoms with van der Waals surface area (Å²) >= 11 is 1.63. The summed E-state index contributed by atoms with van der Waals surface area (Å²) < 4.78 is 5.62. The third-order valence-corrected chi connectivity index (χ3v) is 3.81. The molecule has 2 rings (SSSR count). The number of aliphatic hydroxyl groups is 1. The van der Waals surface area contributed by atoms with Gasteiger partial charge in [-0.2, -0.15) is 0 Å². The fourth-order valence-electron chi connectivity index (χ4n) is 1.69. The number of benzene rings is 1. The maximum Gasteiger partial charge on any atom is 0.0996 e. The molecule has 0 radical (unpaired) electrons. The lowest BCUT2D eigenvalue weighted by atomic mass is 10.2. The predicted molar refractivity (Wildman–Crippen MR) is 62.7 cm³/mol. The van der Waals surface area contributed by atoms with Crippen molar-refractivity contribution in [1.82, 2.24) is 0 Å². The van der Waals surface area contributed by atoms with Gasteiger partial charge in [0, 0.05) is 5.25 Å². The molecule has 2 atom stereocenters. The van der Waals surface area contributed by atoms with Crippen molar-refractivity contribution in [2.45, 2.75) is 30.1 Å². The quantitative estimate of drug-likeness (QED) is 0.851. The van der Waals surface area contributed by atoms with Crippen LogP contribution in [0.3, 0.4) is 0 Å². The van der Waals surface area contributed by atoms with Gasteiger partial charge in [0.2, 0.25) is 0 Å². The van der Waals surface area contributed by atoms with Crippen LogP contribution in [0.4, 0.5) is 0 Å². The molecule has 0 amide bonds. The first-order valence-electron chi connectivity index (χ1n) is 5.30. The first-order valence-corrected chi connectivity index (χ1v) is 6.24. The number of hydrogen-bond acceptors (Lipinski definition) is 3. The highest BCUT2D eigenvalue weighted by atomic mass is 32.2. The van der Waals surface area contributed by atoms with Gasteiger partial charge >= 0.3 is 0 Å². The van der Waals surface area contributed by atoms with Gasteiger partial charge in [-0.1, -0.05) is 30.3 Å². The highest BCUT2D eigenvalue weighted by Gasteiger charge is 2.23. The van der Waals surface area contributed by atoms with Crippen LogP contribution in [0.1, 0.15) is 18.4 Å². The number of rotatable bonds is 4. The molecule has 2 nitrogen and oxygen atoms in total. The number of aliphatic hydroxyl groups excluding tert-OH is 1. The molecule has 3 heteroatoms. The summed E-state index contributed by atoms with van der Waals surface area (Å²) in [6, 6.07) is 10.2.